The Bertz CT molecular complexity index is 1310. The third kappa shape index (κ3) is 1.92. The van der Waals surface area contributed by atoms with Crippen LogP contribution < -0.4 is 4.74 Å². The van der Waals surface area contributed by atoms with E-state index in [0.29, 0.717) is 6.07 Å². The molecule has 3 aromatic rings. The highest BCUT2D eigenvalue weighted by atomic mass is 19.2. The van der Waals surface area contributed by atoms with Gasteiger partial charge in [-0.25, -0.2) is 13.6 Å². The maximum atomic E-state index is 15.0. The van der Waals surface area contributed by atoms with Gasteiger partial charge in [0.1, 0.15) is 0 Å². The zero-order valence-corrected chi connectivity index (χ0v) is 14.4. The van der Waals surface area contributed by atoms with Crippen LogP contribution in [0.5, 0.6) is 23.0 Å². The number of benzene rings is 3. The summed E-state index contributed by atoms with van der Waals surface area (Å²) in [6.07, 6.45) is 0. The molecule has 2 N–H and O–H groups in total. The number of hydrogen-bond acceptors (Lipinski definition) is 5. The third-order valence-electron chi connectivity index (χ3n) is 5.11. The van der Waals surface area contributed by atoms with Crippen molar-refractivity contribution in [3.05, 3.63) is 81.7 Å². The first-order valence-electron chi connectivity index (χ1n) is 8.32. The summed E-state index contributed by atoms with van der Waals surface area (Å²) in [6.45, 7) is 0. The topological polar surface area (TPSA) is 76.0 Å². The quantitative estimate of drug-likeness (QED) is 0.320. The Morgan fingerprint density at radius 3 is 2.20 bits per heavy atom. The Kier molecular flexibility index (Phi) is 3.41. The van der Waals surface area contributed by atoms with Crippen LogP contribution in [0.3, 0.4) is 0 Å². The number of halogens is 5. The van der Waals surface area contributed by atoms with Crippen molar-refractivity contribution in [1.82, 2.24) is 0 Å². The van der Waals surface area contributed by atoms with Gasteiger partial charge in [0.25, 0.3) is 0 Å². The number of ether oxygens (including phenoxy) is 2. The van der Waals surface area contributed by atoms with Crippen molar-refractivity contribution in [1.29, 1.82) is 0 Å². The maximum Gasteiger partial charge on any atom is 0.340 e. The molecule has 0 saturated carbocycles. The van der Waals surface area contributed by atoms with Crippen molar-refractivity contribution < 1.29 is 46.4 Å². The van der Waals surface area contributed by atoms with Crippen molar-refractivity contribution in [3.8, 4) is 23.0 Å². The van der Waals surface area contributed by atoms with Crippen molar-refractivity contribution >= 4 is 5.97 Å². The number of fused-ring (bicyclic) bond motifs is 6. The fourth-order valence-electron chi connectivity index (χ4n) is 3.83. The molecule has 1 spiro atoms. The minimum absolute atomic E-state index is 0.154. The van der Waals surface area contributed by atoms with Crippen LogP contribution in [0.4, 0.5) is 22.0 Å². The second-order valence-electron chi connectivity index (χ2n) is 6.61. The normalized spacial score (nSPS) is 18.5. The summed E-state index contributed by atoms with van der Waals surface area (Å²) in [5.74, 6) is -15.4. The molecule has 2 aliphatic heterocycles. The summed E-state index contributed by atoms with van der Waals surface area (Å²) in [6, 6.07) is 5.82. The summed E-state index contributed by atoms with van der Waals surface area (Å²) in [4.78, 5) is 12.5. The van der Waals surface area contributed by atoms with E-state index in [0.717, 1.165) is 0 Å². The summed E-state index contributed by atoms with van der Waals surface area (Å²) < 4.78 is 83.1. The zero-order chi connectivity index (χ0) is 21.5. The van der Waals surface area contributed by atoms with Gasteiger partial charge >= 0.3 is 5.97 Å². The lowest BCUT2D eigenvalue weighted by Gasteiger charge is -2.37. The van der Waals surface area contributed by atoms with Gasteiger partial charge in [-0.1, -0.05) is 18.2 Å². The van der Waals surface area contributed by atoms with Gasteiger partial charge in [0, 0.05) is 5.56 Å². The number of carbonyl (C=O) groups excluding carboxylic acids is 1. The van der Waals surface area contributed by atoms with Gasteiger partial charge < -0.3 is 19.7 Å². The van der Waals surface area contributed by atoms with E-state index in [4.69, 9.17) is 9.47 Å². The highest BCUT2D eigenvalue weighted by Gasteiger charge is 2.58. The highest BCUT2D eigenvalue weighted by Crippen LogP contribution is 2.59. The Morgan fingerprint density at radius 2 is 1.47 bits per heavy atom. The molecule has 5 rings (SSSR count). The molecule has 152 valence electrons. The molecule has 3 aromatic carbocycles. The average molecular weight is 422 g/mol. The lowest BCUT2D eigenvalue weighted by Crippen LogP contribution is -2.35. The maximum absolute atomic E-state index is 15.0. The summed E-state index contributed by atoms with van der Waals surface area (Å²) >= 11 is 0. The average Bonchev–Trinajstić information content (AvgIpc) is 3.03. The van der Waals surface area contributed by atoms with E-state index < -0.39 is 74.8 Å². The predicted molar refractivity (Wildman–Crippen MR) is 87.8 cm³/mol. The van der Waals surface area contributed by atoms with Crippen LogP contribution in [-0.4, -0.2) is 16.2 Å². The first-order chi connectivity index (χ1) is 14.2. The van der Waals surface area contributed by atoms with Crippen molar-refractivity contribution in [2.24, 2.45) is 0 Å². The molecule has 10 heteroatoms. The molecule has 0 fully saturated rings. The fourth-order valence-corrected chi connectivity index (χ4v) is 3.83. The van der Waals surface area contributed by atoms with Gasteiger partial charge in [0.15, 0.2) is 40.2 Å². The largest absolute Gasteiger partial charge is 0.503 e. The molecule has 30 heavy (non-hydrogen) atoms. The van der Waals surface area contributed by atoms with Gasteiger partial charge in [0.2, 0.25) is 17.5 Å². The van der Waals surface area contributed by atoms with E-state index in [-0.39, 0.29) is 11.1 Å². The molecule has 0 radical (unpaired) electrons. The van der Waals surface area contributed by atoms with E-state index in [2.05, 4.69) is 0 Å². The molecule has 0 aliphatic carbocycles. The number of carbonyl (C=O) groups is 1. The molecule has 1 unspecified atom stereocenters. The number of hydrogen-bond donors (Lipinski definition) is 2. The van der Waals surface area contributed by atoms with E-state index >= 15 is 4.39 Å². The van der Waals surface area contributed by atoms with Crippen LogP contribution in [0.15, 0.2) is 30.3 Å². The Labute approximate surface area is 163 Å². The molecule has 0 aromatic heterocycles. The molecule has 2 heterocycles. The standard InChI is InChI=1S/C20H7F5O5/c21-9-5-8-17(13(24)15(9)26)29-18-10(11(22)12(23)16(27)14(18)25)20(8)7-4-2-1-3-6(7)19(28)30-20/h1-5,26-27H. The van der Waals surface area contributed by atoms with E-state index in [1.54, 1.807) is 0 Å². The lowest BCUT2D eigenvalue weighted by atomic mass is 9.77. The fraction of sp³-hybridized carbons (Fsp3) is 0.0500. The van der Waals surface area contributed by atoms with Crippen molar-refractivity contribution in [2.45, 2.75) is 5.60 Å². The number of aromatic hydroxyl groups is 2. The minimum atomic E-state index is -2.55. The molecule has 0 amide bonds. The van der Waals surface area contributed by atoms with Crippen LogP contribution in [0.1, 0.15) is 27.0 Å². The van der Waals surface area contributed by atoms with Gasteiger partial charge in [-0.2, -0.15) is 13.2 Å². The predicted octanol–water partition coefficient (Wildman–Crippen LogP) is 4.36. The number of esters is 1. The van der Waals surface area contributed by atoms with E-state index in [1.165, 1.54) is 24.3 Å². The summed E-state index contributed by atoms with van der Waals surface area (Å²) in [5.41, 5.74) is -4.56. The number of phenolic OH excluding ortho intramolecular Hbond substituents is 2. The van der Waals surface area contributed by atoms with Crippen LogP contribution in [0, 0.1) is 29.1 Å². The zero-order valence-electron chi connectivity index (χ0n) is 14.4. The molecule has 0 bridgehead atoms. The lowest BCUT2D eigenvalue weighted by molar-refractivity contribution is 0.0202. The second kappa shape index (κ2) is 5.62. The Hall–Kier alpha value is -3.82. The molecule has 5 nitrogen and oxygen atoms in total. The van der Waals surface area contributed by atoms with Gasteiger partial charge in [-0.05, 0) is 12.1 Å². The molecule has 0 saturated heterocycles. The van der Waals surface area contributed by atoms with Gasteiger partial charge in [0.05, 0.1) is 16.7 Å². The number of rotatable bonds is 0. The van der Waals surface area contributed by atoms with E-state index in [9.17, 15) is 32.6 Å². The van der Waals surface area contributed by atoms with Crippen molar-refractivity contribution in [2.75, 3.05) is 0 Å². The second-order valence-corrected chi connectivity index (χ2v) is 6.61. The Balaban J connectivity index is 2.03. The monoisotopic (exact) mass is 422 g/mol. The van der Waals surface area contributed by atoms with Crippen LogP contribution in [0.25, 0.3) is 0 Å². The third-order valence-corrected chi connectivity index (χ3v) is 5.11. The van der Waals surface area contributed by atoms with Gasteiger partial charge in [-0.15, -0.1) is 0 Å². The minimum Gasteiger partial charge on any atom is -0.503 e. The summed E-state index contributed by atoms with van der Waals surface area (Å²) in [5, 5.41) is 19.2. The highest BCUT2D eigenvalue weighted by molar-refractivity contribution is 5.97. The molecule has 1 atom stereocenters. The first-order valence-corrected chi connectivity index (χ1v) is 8.32. The van der Waals surface area contributed by atoms with Crippen LogP contribution >= 0.6 is 0 Å². The van der Waals surface area contributed by atoms with Crippen LogP contribution in [-0.2, 0) is 10.3 Å². The SMILES string of the molecule is O=C1OC2(c3ccccc31)c1cc(F)c(O)c(F)c1Oc1c(F)c(O)c(F)c(F)c12. The Morgan fingerprint density at radius 1 is 0.800 bits per heavy atom. The molecular formula is C20H7F5O5. The van der Waals surface area contributed by atoms with Crippen molar-refractivity contribution in [3.63, 3.8) is 0 Å². The summed E-state index contributed by atoms with van der Waals surface area (Å²) in [7, 11) is 0. The number of phenols is 2. The first kappa shape index (κ1) is 18.2. The van der Waals surface area contributed by atoms with E-state index in [1.807, 2.05) is 0 Å². The molecule has 2 aliphatic rings. The smallest absolute Gasteiger partial charge is 0.340 e. The van der Waals surface area contributed by atoms with Crippen LogP contribution in [0.2, 0.25) is 0 Å². The van der Waals surface area contributed by atoms with Gasteiger partial charge in [-0.3, -0.25) is 0 Å². The molecular weight excluding hydrogens is 415 g/mol.